The van der Waals surface area contributed by atoms with Gasteiger partial charge in [0, 0.05) is 121 Å². The highest BCUT2D eigenvalue weighted by molar-refractivity contribution is 5.75. The minimum atomic E-state index is -0.941. The Morgan fingerprint density at radius 3 is 1.74 bits per heavy atom. The molecule has 4 aliphatic heterocycles. The van der Waals surface area contributed by atoms with Gasteiger partial charge in [-0.2, -0.15) is 0 Å². The van der Waals surface area contributed by atoms with Gasteiger partial charge < -0.3 is 39.9 Å². The van der Waals surface area contributed by atoms with Gasteiger partial charge in [0.1, 0.15) is 30.3 Å². The smallest absolute Gasteiger partial charge is 0.410 e. The third-order valence-corrected chi connectivity index (χ3v) is 18.5. The zero-order valence-corrected chi connectivity index (χ0v) is 50.6. The molecule has 1 unspecified atom stereocenters. The van der Waals surface area contributed by atoms with Crippen molar-refractivity contribution < 1.29 is 56.6 Å². The van der Waals surface area contributed by atoms with Gasteiger partial charge in [0.25, 0.3) is 5.69 Å². The molecule has 1 saturated carbocycles. The number of nitrogens with one attached hydrogen (secondary N) is 1. The Bertz CT molecular complexity index is 2990. The zero-order valence-electron chi connectivity index (χ0n) is 50.6. The van der Waals surface area contributed by atoms with Crippen LogP contribution < -0.4 is 5.32 Å². The molecule has 4 saturated heterocycles. The number of nitro benzene ring substituents is 1. The maximum atomic E-state index is 14.3. The topological polar surface area (TPSA) is 193 Å². The number of benzene rings is 4. The number of halogens is 4. The number of nitrogens with zero attached hydrogens (tertiary/aromatic N) is 7. The summed E-state index contributed by atoms with van der Waals surface area (Å²) >= 11 is 0. The van der Waals surface area contributed by atoms with E-state index in [1.807, 2.05) is 44.7 Å². The number of hydrogen-bond acceptors (Lipinski definition) is 11. The van der Waals surface area contributed by atoms with E-state index in [9.17, 15) is 57.1 Å². The predicted octanol–water partition coefficient (Wildman–Crippen LogP) is 11.0. The van der Waals surface area contributed by atoms with Crippen LogP contribution in [-0.4, -0.2) is 171 Å². The molecular weight excluding hydrogens is 1120 g/mol. The SMILES string of the molecule is C=CCN(C(=O)OCc1ccc([N+](=O)[O-])cc1)C1CCN(C[C@H]2CN([C@H](CC3CCC3)C(=O)O)C[C@@H]2c2cccc(F)c2)CC1.CCN(C(=O)NCc1ccc(F)c(F)c1)C1CCN(C[C@H]2CN(C(C(=O)O)C(C)(C)C)C[C@@H]2c2cccc(F)c2)CC1. The Morgan fingerprint density at radius 2 is 1.26 bits per heavy atom. The highest BCUT2D eigenvalue weighted by atomic mass is 19.2. The highest BCUT2D eigenvalue weighted by Crippen LogP contribution is 2.41. The number of carbonyl (C=O) groups excluding carboxylic acids is 2. The number of carboxylic acid groups (broad SMARTS) is 2. The van der Waals surface area contributed by atoms with Crippen molar-refractivity contribution in [2.75, 3.05) is 78.5 Å². The first-order valence-corrected chi connectivity index (χ1v) is 30.7. The number of non-ortho nitro benzene ring substituents is 1. The average Bonchev–Trinajstić information content (AvgIpc) is 2.34. The van der Waals surface area contributed by atoms with Crippen molar-refractivity contribution in [3.05, 3.63) is 159 Å². The standard InChI is InChI=1S/C34H43FN4O6.C32H43F3N4O3/c1-2-15-38(34(42)45-23-25-9-11-30(12-10-25)39(43)44)29-13-16-36(17-14-29)20-27-21-37(32(33(40)41)18-24-5-3-6-24)22-31(27)26-7-4-8-28(35)19-26;1-5-39(31(42)36-17-21-9-10-27(34)28(35)15-21)25-11-13-37(14-12-25)18-23-19-38(29(30(40)41)32(2,3)4)20-26(23)22-7-6-8-24(33)16-22/h2,4,7-12,19,24,27,29,31-32H,1,3,5-6,13-18,20-23H2,(H,40,41);6-10,15-16,23,25-26,29H,5,11-14,17-20H2,1-4H3,(H,36,42)(H,40,41)/t27-,31+,32+;23-,26+,29?/m00/s1. The van der Waals surface area contributed by atoms with Crippen molar-refractivity contribution >= 4 is 29.8 Å². The molecule has 6 atom stereocenters. The Labute approximate surface area is 508 Å². The first-order valence-electron chi connectivity index (χ1n) is 30.7. The number of urea groups is 1. The molecule has 3 N–H and O–H groups in total. The first-order chi connectivity index (χ1) is 41.6. The fourth-order valence-electron chi connectivity index (χ4n) is 13.8. The number of rotatable bonds is 22. The third-order valence-electron chi connectivity index (χ3n) is 18.5. The van der Waals surface area contributed by atoms with Crippen LogP contribution in [0.15, 0.2) is 104 Å². The van der Waals surface area contributed by atoms with Gasteiger partial charge in [-0.3, -0.25) is 29.5 Å². The maximum Gasteiger partial charge on any atom is 0.410 e. The lowest BCUT2D eigenvalue weighted by molar-refractivity contribution is -0.384. The number of carboxylic acids is 2. The molecule has 0 bridgehead atoms. The second-order valence-corrected chi connectivity index (χ2v) is 25.4. The second-order valence-electron chi connectivity index (χ2n) is 25.4. The van der Waals surface area contributed by atoms with Crippen LogP contribution in [0.25, 0.3) is 0 Å². The number of hydrogen-bond donors (Lipinski definition) is 3. The summed E-state index contributed by atoms with van der Waals surface area (Å²) in [6.45, 7) is 19.6. The van der Waals surface area contributed by atoms with E-state index in [-0.39, 0.29) is 72.3 Å². The number of aliphatic carboxylic acids is 2. The average molecular weight is 1210 g/mol. The van der Waals surface area contributed by atoms with Crippen molar-refractivity contribution in [2.45, 2.75) is 128 Å². The minimum absolute atomic E-state index is 0.0110. The molecule has 0 radical (unpaired) electrons. The summed E-state index contributed by atoms with van der Waals surface area (Å²) in [5, 5.41) is 33.9. The molecule has 0 spiro atoms. The van der Waals surface area contributed by atoms with Gasteiger partial charge in [0.2, 0.25) is 0 Å². The number of carbonyl (C=O) groups is 4. The van der Waals surface area contributed by atoms with E-state index in [1.54, 1.807) is 52.3 Å². The van der Waals surface area contributed by atoms with Gasteiger partial charge in [-0.05, 0) is 133 Å². The van der Waals surface area contributed by atoms with Gasteiger partial charge in [0.05, 0.1) is 4.92 Å². The summed E-state index contributed by atoms with van der Waals surface area (Å²) < 4.78 is 60.8. The molecule has 4 heterocycles. The lowest BCUT2D eigenvalue weighted by Crippen LogP contribution is -2.51. The maximum absolute atomic E-state index is 14.3. The lowest BCUT2D eigenvalue weighted by atomic mass is 9.80. The van der Waals surface area contributed by atoms with E-state index in [4.69, 9.17) is 4.74 Å². The van der Waals surface area contributed by atoms with Crippen molar-refractivity contribution in [3.8, 4) is 0 Å². The second kappa shape index (κ2) is 30.3. The van der Waals surface area contributed by atoms with Crippen molar-refractivity contribution in [1.82, 2.24) is 34.7 Å². The van der Waals surface area contributed by atoms with E-state index in [0.717, 1.165) is 101 Å². The van der Waals surface area contributed by atoms with Crippen LogP contribution in [-0.2, 0) is 27.5 Å². The van der Waals surface area contributed by atoms with Crippen LogP contribution in [0.5, 0.6) is 0 Å². The fraction of sp³-hybridized carbons (Fsp3) is 0.545. The van der Waals surface area contributed by atoms with Gasteiger partial charge >= 0.3 is 24.1 Å². The Morgan fingerprint density at radius 1 is 0.724 bits per heavy atom. The molecule has 4 aromatic carbocycles. The monoisotopic (exact) mass is 1210 g/mol. The molecule has 1 aliphatic carbocycles. The number of likely N-dealkylation sites (tertiary alicyclic amines) is 4. The molecule has 9 rings (SSSR count). The number of amides is 3. The molecular formula is C66H86F4N8O9. The van der Waals surface area contributed by atoms with Gasteiger partial charge in [0.15, 0.2) is 11.6 Å². The highest BCUT2D eigenvalue weighted by Gasteiger charge is 2.46. The van der Waals surface area contributed by atoms with Crippen molar-refractivity contribution in [1.29, 1.82) is 0 Å². The molecule has 87 heavy (non-hydrogen) atoms. The predicted molar refractivity (Wildman–Crippen MR) is 323 cm³/mol. The van der Waals surface area contributed by atoms with Crippen LogP contribution in [0.1, 0.15) is 113 Å². The summed E-state index contributed by atoms with van der Waals surface area (Å²) in [5.74, 6) is -3.25. The molecule has 472 valence electrons. The summed E-state index contributed by atoms with van der Waals surface area (Å²) in [5.41, 5.74) is 2.49. The molecule has 21 heteroatoms. The van der Waals surface area contributed by atoms with Gasteiger partial charge in [-0.1, -0.05) is 76.4 Å². The molecule has 0 aromatic heterocycles. The minimum Gasteiger partial charge on any atom is -0.480 e. The van der Waals surface area contributed by atoms with Crippen LogP contribution in [0.2, 0.25) is 0 Å². The van der Waals surface area contributed by atoms with E-state index in [1.165, 1.54) is 36.8 Å². The Hall–Kier alpha value is -6.94. The summed E-state index contributed by atoms with van der Waals surface area (Å²) in [6.07, 6.45) is 8.33. The van der Waals surface area contributed by atoms with Crippen LogP contribution >= 0.6 is 0 Å². The Balaban J connectivity index is 0.000000226. The number of nitro groups is 1. The normalized spacial score (nSPS) is 21.7. The van der Waals surface area contributed by atoms with Crippen LogP contribution in [0.4, 0.5) is 32.8 Å². The fourth-order valence-corrected chi connectivity index (χ4v) is 13.8. The molecule has 5 aliphatic rings. The van der Waals surface area contributed by atoms with E-state index in [2.05, 4.69) is 26.6 Å². The van der Waals surface area contributed by atoms with E-state index < -0.39 is 52.1 Å². The quantitative estimate of drug-likeness (QED) is 0.0292. The molecule has 5 fully saturated rings. The summed E-state index contributed by atoms with van der Waals surface area (Å²) in [6, 6.07) is 21.5. The van der Waals surface area contributed by atoms with E-state index in [0.29, 0.717) is 62.7 Å². The summed E-state index contributed by atoms with van der Waals surface area (Å²) in [4.78, 5) is 73.5. The molecule has 4 aromatic rings. The van der Waals surface area contributed by atoms with Crippen LogP contribution in [0.3, 0.4) is 0 Å². The summed E-state index contributed by atoms with van der Waals surface area (Å²) in [7, 11) is 0. The van der Waals surface area contributed by atoms with Crippen molar-refractivity contribution in [2.24, 2.45) is 23.2 Å². The lowest BCUT2D eigenvalue weighted by Gasteiger charge is -2.39. The zero-order chi connectivity index (χ0) is 62.5. The van der Waals surface area contributed by atoms with Gasteiger partial charge in [-0.15, -0.1) is 6.58 Å². The number of piperidine rings is 2. The molecule has 17 nitrogen and oxygen atoms in total. The third kappa shape index (κ3) is 17.7. The van der Waals surface area contributed by atoms with E-state index >= 15 is 0 Å². The van der Waals surface area contributed by atoms with Crippen LogP contribution in [0, 0.1) is 56.6 Å². The first kappa shape index (κ1) is 66.0. The molecule has 3 amide bonds. The van der Waals surface area contributed by atoms with Gasteiger partial charge in [-0.25, -0.2) is 27.2 Å². The largest absolute Gasteiger partial charge is 0.480 e. The Kier molecular flexibility index (Phi) is 23.0. The van der Waals surface area contributed by atoms with Crippen molar-refractivity contribution in [3.63, 3.8) is 0 Å². The number of ether oxygens (including phenoxy) is 1.